The Morgan fingerprint density at radius 1 is 1.36 bits per heavy atom. The van der Waals surface area contributed by atoms with E-state index in [1.165, 1.54) is 16.5 Å². The second kappa shape index (κ2) is 3.77. The van der Waals surface area contributed by atoms with E-state index in [0.29, 0.717) is 4.83 Å². The molecule has 0 N–H and O–H groups in total. The molecule has 0 aliphatic heterocycles. The smallest absolute Gasteiger partial charge is 0.0477 e. The minimum absolute atomic E-state index is 0.545. The molecule has 1 heterocycles. The van der Waals surface area contributed by atoms with E-state index in [1.54, 1.807) is 0 Å². The fourth-order valence-electron chi connectivity index (χ4n) is 1.78. The molecule has 0 amide bonds. The standard InChI is InChI=1S/C12H14BrN/c1-9(13)7-10-3-4-12-11(8-10)5-6-14(12)2/h3-6,8-9H,7H2,1-2H3. The summed E-state index contributed by atoms with van der Waals surface area (Å²) >= 11 is 3.58. The van der Waals surface area contributed by atoms with Gasteiger partial charge < -0.3 is 4.57 Å². The highest BCUT2D eigenvalue weighted by Crippen LogP contribution is 2.18. The van der Waals surface area contributed by atoms with E-state index in [2.05, 4.69) is 64.9 Å². The van der Waals surface area contributed by atoms with E-state index < -0.39 is 0 Å². The second-order valence-electron chi connectivity index (χ2n) is 3.80. The molecule has 1 nitrogen and oxygen atoms in total. The molecule has 0 saturated heterocycles. The van der Waals surface area contributed by atoms with Crippen LogP contribution in [0.5, 0.6) is 0 Å². The van der Waals surface area contributed by atoms with Crippen molar-refractivity contribution in [2.75, 3.05) is 0 Å². The fourth-order valence-corrected chi connectivity index (χ4v) is 2.16. The van der Waals surface area contributed by atoms with E-state index in [1.807, 2.05) is 0 Å². The van der Waals surface area contributed by atoms with Crippen LogP contribution in [-0.4, -0.2) is 9.39 Å². The van der Waals surface area contributed by atoms with E-state index >= 15 is 0 Å². The minimum atomic E-state index is 0.545. The van der Waals surface area contributed by atoms with Crippen molar-refractivity contribution in [1.82, 2.24) is 4.57 Å². The van der Waals surface area contributed by atoms with Crippen LogP contribution in [0.15, 0.2) is 30.5 Å². The number of aromatic nitrogens is 1. The first-order chi connectivity index (χ1) is 6.66. The van der Waals surface area contributed by atoms with E-state index in [9.17, 15) is 0 Å². The third-order valence-electron chi connectivity index (χ3n) is 2.47. The highest BCUT2D eigenvalue weighted by Gasteiger charge is 2.02. The Balaban J connectivity index is 2.42. The molecular weight excluding hydrogens is 238 g/mol. The lowest BCUT2D eigenvalue weighted by molar-refractivity contribution is 0.955. The summed E-state index contributed by atoms with van der Waals surface area (Å²) in [5.74, 6) is 0. The summed E-state index contributed by atoms with van der Waals surface area (Å²) in [6.07, 6.45) is 3.19. The molecule has 1 aromatic carbocycles. The first-order valence-electron chi connectivity index (χ1n) is 4.85. The maximum absolute atomic E-state index is 3.58. The van der Waals surface area contributed by atoms with Gasteiger partial charge in [0.25, 0.3) is 0 Å². The highest BCUT2D eigenvalue weighted by atomic mass is 79.9. The van der Waals surface area contributed by atoms with Gasteiger partial charge in [0, 0.05) is 23.6 Å². The van der Waals surface area contributed by atoms with E-state index in [-0.39, 0.29) is 0 Å². The van der Waals surface area contributed by atoms with Gasteiger partial charge in [-0.2, -0.15) is 0 Å². The lowest BCUT2D eigenvalue weighted by Gasteiger charge is -2.04. The molecule has 0 aliphatic carbocycles. The first-order valence-corrected chi connectivity index (χ1v) is 5.76. The van der Waals surface area contributed by atoms with Gasteiger partial charge in [0.2, 0.25) is 0 Å². The Hall–Kier alpha value is -0.760. The zero-order valence-electron chi connectivity index (χ0n) is 8.50. The van der Waals surface area contributed by atoms with Gasteiger partial charge in [0.15, 0.2) is 0 Å². The van der Waals surface area contributed by atoms with Gasteiger partial charge in [-0.1, -0.05) is 28.9 Å². The Kier molecular flexibility index (Phi) is 2.64. The number of fused-ring (bicyclic) bond motifs is 1. The van der Waals surface area contributed by atoms with Crippen molar-refractivity contribution < 1.29 is 0 Å². The number of rotatable bonds is 2. The van der Waals surface area contributed by atoms with Crippen molar-refractivity contribution in [3.63, 3.8) is 0 Å². The number of hydrogen-bond acceptors (Lipinski definition) is 0. The van der Waals surface area contributed by atoms with Gasteiger partial charge in [-0.25, -0.2) is 0 Å². The normalized spacial score (nSPS) is 13.4. The lowest BCUT2D eigenvalue weighted by atomic mass is 10.1. The molecule has 1 unspecified atom stereocenters. The van der Waals surface area contributed by atoms with Crippen molar-refractivity contribution in [3.05, 3.63) is 36.0 Å². The number of hydrogen-bond donors (Lipinski definition) is 0. The number of halogens is 1. The van der Waals surface area contributed by atoms with Crippen LogP contribution in [0.25, 0.3) is 10.9 Å². The summed E-state index contributed by atoms with van der Waals surface area (Å²) in [6, 6.07) is 8.84. The lowest BCUT2D eigenvalue weighted by Crippen LogP contribution is -1.96. The zero-order valence-corrected chi connectivity index (χ0v) is 10.1. The van der Waals surface area contributed by atoms with Crippen molar-refractivity contribution >= 4 is 26.8 Å². The quantitative estimate of drug-likeness (QED) is 0.721. The van der Waals surface area contributed by atoms with Crippen LogP contribution in [0, 0.1) is 0 Å². The molecule has 74 valence electrons. The summed E-state index contributed by atoms with van der Waals surface area (Å²) in [5, 5.41) is 1.33. The van der Waals surface area contributed by atoms with Gasteiger partial charge in [-0.15, -0.1) is 0 Å². The number of alkyl halides is 1. The van der Waals surface area contributed by atoms with Crippen LogP contribution in [0.3, 0.4) is 0 Å². The zero-order chi connectivity index (χ0) is 10.1. The Labute approximate surface area is 92.9 Å². The third-order valence-corrected chi connectivity index (χ3v) is 2.79. The summed E-state index contributed by atoms with van der Waals surface area (Å²) in [7, 11) is 2.08. The molecule has 1 atom stereocenters. The van der Waals surface area contributed by atoms with Crippen LogP contribution in [-0.2, 0) is 13.5 Å². The molecule has 2 rings (SSSR count). The molecule has 1 aromatic heterocycles. The molecular formula is C12H14BrN. The van der Waals surface area contributed by atoms with Crippen molar-refractivity contribution in [2.24, 2.45) is 7.05 Å². The van der Waals surface area contributed by atoms with E-state index in [4.69, 9.17) is 0 Å². The van der Waals surface area contributed by atoms with Crippen LogP contribution < -0.4 is 0 Å². The van der Waals surface area contributed by atoms with Crippen molar-refractivity contribution in [2.45, 2.75) is 18.2 Å². The van der Waals surface area contributed by atoms with Gasteiger partial charge in [-0.3, -0.25) is 0 Å². The van der Waals surface area contributed by atoms with Crippen LogP contribution >= 0.6 is 15.9 Å². The van der Waals surface area contributed by atoms with Gasteiger partial charge in [-0.05, 0) is 35.6 Å². The topological polar surface area (TPSA) is 4.93 Å². The predicted molar refractivity (Wildman–Crippen MR) is 65.0 cm³/mol. The second-order valence-corrected chi connectivity index (χ2v) is 5.37. The first kappa shape index (κ1) is 9.78. The summed E-state index contributed by atoms with van der Waals surface area (Å²) in [6.45, 7) is 2.18. The molecule has 0 saturated carbocycles. The Bertz CT molecular complexity index is 443. The molecule has 0 radical (unpaired) electrons. The number of aryl methyl sites for hydroxylation is 1. The fraction of sp³-hybridized carbons (Fsp3) is 0.333. The van der Waals surface area contributed by atoms with E-state index in [0.717, 1.165) is 6.42 Å². The summed E-state index contributed by atoms with van der Waals surface area (Å²) in [5.41, 5.74) is 2.70. The largest absolute Gasteiger partial charge is 0.351 e. The van der Waals surface area contributed by atoms with Crippen LogP contribution in [0.2, 0.25) is 0 Å². The summed E-state index contributed by atoms with van der Waals surface area (Å²) in [4.78, 5) is 0.545. The predicted octanol–water partition coefficient (Wildman–Crippen LogP) is 3.50. The molecule has 0 spiro atoms. The Morgan fingerprint density at radius 2 is 2.14 bits per heavy atom. The van der Waals surface area contributed by atoms with Gasteiger partial charge in [0.05, 0.1) is 0 Å². The average Bonchev–Trinajstić information content (AvgIpc) is 2.46. The van der Waals surface area contributed by atoms with Gasteiger partial charge >= 0.3 is 0 Å². The van der Waals surface area contributed by atoms with Crippen LogP contribution in [0.1, 0.15) is 12.5 Å². The summed E-state index contributed by atoms with van der Waals surface area (Å²) < 4.78 is 2.15. The average molecular weight is 252 g/mol. The SMILES string of the molecule is CC(Br)Cc1ccc2c(ccn2C)c1. The van der Waals surface area contributed by atoms with Crippen molar-refractivity contribution in [1.29, 1.82) is 0 Å². The third kappa shape index (κ3) is 1.85. The number of nitrogens with zero attached hydrogens (tertiary/aromatic N) is 1. The van der Waals surface area contributed by atoms with Gasteiger partial charge in [0.1, 0.15) is 0 Å². The molecule has 0 bridgehead atoms. The Morgan fingerprint density at radius 3 is 2.86 bits per heavy atom. The molecule has 2 heteroatoms. The molecule has 0 aliphatic rings. The molecule has 14 heavy (non-hydrogen) atoms. The van der Waals surface area contributed by atoms with Crippen LogP contribution in [0.4, 0.5) is 0 Å². The monoisotopic (exact) mass is 251 g/mol. The number of benzene rings is 1. The maximum atomic E-state index is 3.58. The van der Waals surface area contributed by atoms with Crippen molar-refractivity contribution in [3.8, 4) is 0 Å². The molecule has 0 fully saturated rings. The highest BCUT2D eigenvalue weighted by molar-refractivity contribution is 9.09. The minimum Gasteiger partial charge on any atom is -0.351 e. The maximum Gasteiger partial charge on any atom is 0.0477 e. The molecule has 2 aromatic rings.